The van der Waals surface area contributed by atoms with Crippen molar-refractivity contribution in [2.24, 2.45) is 9.98 Å². The van der Waals surface area contributed by atoms with Crippen LogP contribution >= 0.6 is 23.2 Å². The molecule has 0 spiro atoms. The van der Waals surface area contributed by atoms with Crippen LogP contribution in [0.25, 0.3) is 0 Å². The summed E-state index contributed by atoms with van der Waals surface area (Å²) in [5, 5.41) is 1.38. The minimum Gasteiger partial charge on any atom is -1.00 e. The molecule has 21 heavy (non-hydrogen) atoms. The van der Waals surface area contributed by atoms with Gasteiger partial charge in [0.2, 0.25) is 0 Å². The van der Waals surface area contributed by atoms with Crippen molar-refractivity contribution in [3.63, 3.8) is 0 Å². The molecule has 0 saturated heterocycles. The number of ether oxygens (including phenoxy) is 1. The van der Waals surface area contributed by atoms with E-state index in [4.69, 9.17) is 27.9 Å². The van der Waals surface area contributed by atoms with Crippen molar-refractivity contribution in [1.29, 1.82) is 0 Å². The van der Waals surface area contributed by atoms with E-state index in [1.165, 1.54) is 0 Å². The molecule has 1 aliphatic rings. The van der Waals surface area contributed by atoms with Crippen molar-refractivity contribution < 1.29 is 35.4 Å². The topological polar surface area (TPSA) is 34.0 Å². The molecular formula is C14H15Cl3N2OZn. The summed E-state index contributed by atoms with van der Waals surface area (Å²) in [6.07, 6.45) is 5.91. The summed E-state index contributed by atoms with van der Waals surface area (Å²) in [4.78, 5) is 7.40. The van der Waals surface area contributed by atoms with Gasteiger partial charge >= 0.3 is 110 Å². The number of hydrogen-bond donors (Lipinski definition) is 0. The van der Waals surface area contributed by atoms with Gasteiger partial charge in [0.25, 0.3) is 0 Å². The average molecular weight is 399 g/mol. The van der Waals surface area contributed by atoms with E-state index in [1.54, 1.807) is 24.7 Å². The number of benzene rings is 1. The average Bonchev–Trinajstić information content (AvgIpc) is 2.99. The first-order valence-corrected chi connectivity index (χ1v) is 8.59. The summed E-state index contributed by atoms with van der Waals surface area (Å²) in [5.74, 6) is 0. The van der Waals surface area contributed by atoms with Crippen LogP contribution in [0.5, 0.6) is 0 Å². The molecule has 7 heteroatoms. The number of aliphatic imine (C=N–C) groups is 2. The summed E-state index contributed by atoms with van der Waals surface area (Å²) < 4.78 is 5.78. The number of nitrogens with zero attached hydrogens (tertiary/aromatic N) is 2. The maximum atomic E-state index is 6.06. The molecule has 110 valence electrons. The van der Waals surface area contributed by atoms with Crippen LogP contribution in [0, 0.1) is 0 Å². The largest absolute Gasteiger partial charge is 1.00 e. The summed E-state index contributed by atoms with van der Waals surface area (Å²) in [5.41, 5.74) is 1.08. The van der Waals surface area contributed by atoms with Crippen molar-refractivity contribution in [3.8, 4) is 0 Å². The van der Waals surface area contributed by atoms with Gasteiger partial charge in [-0.2, -0.15) is 0 Å². The molecule has 0 aliphatic carbocycles. The third-order valence-electron chi connectivity index (χ3n) is 2.35. The van der Waals surface area contributed by atoms with Crippen molar-refractivity contribution in [2.75, 3.05) is 13.2 Å². The van der Waals surface area contributed by atoms with E-state index in [1.807, 2.05) is 12.1 Å². The van der Waals surface area contributed by atoms with E-state index < -0.39 is 0 Å². The molecular weight excluding hydrogens is 384 g/mol. The van der Waals surface area contributed by atoms with Crippen LogP contribution in [0.4, 0.5) is 0 Å². The maximum absolute atomic E-state index is 6.06. The van der Waals surface area contributed by atoms with E-state index >= 15 is 0 Å². The minimum atomic E-state index is 0. The maximum Gasteiger partial charge on any atom is -1.00 e. The number of rotatable bonds is 5. The van der Waals surface area contributed by atoms with Crippen LogP contribution < -0.4 is 12.4 Å². The monoisotopic (exact) mass is 396 g/mol. The summed E-state index contributed by atoms with van der Waals surface area (Å²) in [7, 11) is 0. The molecule has 0 radical (unpaired) electrons. The Labute approximate surface area is 151 Å². The Balaban J connectivity index is 0.000000562. The smallest absolute Gasteiger partial charge is 1.00 e. The molecule has 0 bridgehead atoms. The van der Waals surface area contributed by atoms with Gasteiger partial charge in [-0.05, 0) is 0 Å². The van der Waals surface area contributed by atoms with Gasteiger partial charge in [0.1, 0.15) is 6.34 Å². The van der Waals surface area contributed by atoms with Gasteiger partial charge in [-0.25, -0.2) is 4.99 Å². The number of hydrogen-bond acceptors (Lipinski definition) is 3. The molecule has 1 heterocycles. The second-order valence-corrected chi connectivity index (χ2v) is 6.75. The third-order valence-corrected chi connectivity index (χ3v) is 4.04. The molecule has 1 aliphatic heterocycles. The molecule has 0 N–H and O–H groups in total. The molecule has 0 amide bonds. The van der Waals surface area contributed by atoms with Crippen LogP contribution in [0.2, 0.25) is 10.0 Å². The predicted octanol–water partition coefficient (Wildman–Crippen LogP) is 0.715. The minimum absolute atomic E-state index is 0. The zero-order chi connectivity index (χ0) is 14.8. The Morgan fingerprint density at radius 3 is 2.67 bits per heavy atom. The van der Waals surface area contributed by atoms with Gasteiger partial charge in [-0.3, -0.25) is 4.99 Å². The fraction of sp³-hybridized carbons (Fsp3) is 0.286. The first-order valence-electron chi connectivity index (χ1n) is 6.13. The standard InChI is InChI=1S/C11H11Cl2O.C3H4N2.ClH.Zn/c1-2-6-14-7-5-9-3-4-10(12)8-11(9)13;1-2-5-3-4-1;;/h2-4,7-8H,1,5-6H2;1,3H,2H2;1H;/q;;;+1/p-1. The Morgan fingerprint density at radius 1 is 1.43 bits per heavy atom. The predicted molar refractivity (Wildman–Crippen MR) is 82.0 cm³/mol. The summed E-state index contributed by atoms with van der Waals surface area (Å²) in [6.45, 7) is 4.99. The Kier molecular flexibility index (Phi) is 12.2. The molecule has 1 aromatic carbocycles. The number of halogens is 3. The van der Waals surface area contributed by atoms with E-state index in [0.29, 0.717) is 16.7 Å². The third kappa shape index (κ3) is 9.39. The zero-order valence-corrected chi connectivity index (χ0v) is 16.7. The van der Waals surface area contributed by atoms with E-state index in [2.05, 4.69) is 16.6 Å². The molecule has 1 atom stereocenters. The van der Waals surface area contributed by atoms with Crippen molar-refractivity contribution >= 4 is 35.8 Å². The van der Waals surface area contributed by atoms with Gasteiger partial charge in [-0.15, -0.1) is 0 Å². The van der Waals surface area contributed by atoms with Crippen molar-refractivity contribution in [3.05, 3.63) is 46.5 Å². The first-order chi connectivity index (χ1) is 9.63. The van der Waals surface area contributed by atoms with Crippen molar-refractivity contribution in [1.82, 2.24) is 0 Å². The molecule has 2 rings (SSSR count). The molecule has 0 saturated carbocycles. The molecule has 1 unspecified atom stereocenters. The van der Waals surface area contributed by atoms with E-state index in [0.717, 1.165) is 36.8 Å². The van der Waals surface area contributed by atoms with Gasteiger partial charge in [0.15, 0.2) is 0 Å². The van der Waals surface area contributed by atoms with Crippen molar-refractivity contribution in [2.45, 2.75) is 11.1 Å². The summed E-state index contributed by atoms with van der Waals surface area (Å²) in [6, 6.07) is 5.56. The van der Waals surface area contributed by atoms with E-state index in [-0.39, 0.29) is 17.1 Å². The summed E-state index contributed by atoms with van der Waals surface area (Å²) >= 11 is 13.0. The fourth-order valence-electron chi connectivity index (χ4n) is 1.43. The molecule has 3 nitrogen and oxygen atoms in total. The Bertz CT molecular complexity index is 485. The van der Waals surface area contributed by atoms with Crippen LogP contribution in [0.3, 0.4) is 0 Å². The zero-order valence-electron chi connectivity index (χ0n) is 11.5. The van der Waals surface area contributed by atoms with Gasteiger partial charge in [0, 0.05) is 6.21 Å². The molecule has 1 aromatic rings. The van der Waals surface area contributed by atoms with Crippen LogP contribution in [0.15, 0.2) is 40.8 Å². The van der Waals surface area contributed by atoms with Crippen LogP contribution in [0.1, 0.15) is 5.56 Å². The van der Waals surface area contributed by atoms with Crippen LogP contribution in [-0.4, -0.2) is 30.4 Å². The Hall–Kier alpha value is -0.247. The SMILES string of the molecule is C1=NC=NC1.C=CCO[CH]([Zn+])Cc1ccc(Cl)cc1Cl.[Cl-]. The van der Waals surface area contributed by atoms with Gasteiger partial charge < -0.3 is 12.4 Å². The van der Waals surface area contributed by atoms with E-state index in [9.17, 15) is 0 Å². The van der Waals surface area contributed by atoms with Gasteiger partial charge in [0.05, 0.1) is 6.54 Å². The van der Waals surface area contributed by atoms with Crippen LogP contribution in [-0.2, 0) is 29.5 Å². The fourth-order valence-corrected chi connectivity index (χ4v) is 2.85. The quantitative estimate of drug-likeness (QED) is 0.531. The van der Waals surface area contributed by atoms with Gasteiger partial charge in [-0.1, -0.05) is 0 Å². The Morgan fingerprint density at radius 2 is 2.19 bits per heavy atom. The molecule has 0 aromatic heterocycles. The second-order valence-electron chi connectivity index (χ2n) is 4.00. The first kappa shape index (κ1) is 20.8. The molecule has 0 fully saturated rings. The normalized spacial score (nSPS) is 13.1. The second kappa shape index (κ2) is 12.3.